The van der Waals surface area contributed by atoms with Gasteiger partial charge in [-0.05, 0) is 61.2 Å². The number of hydrogen-bond donors (Lipinski definition) is 0. The Morgan fingerprint density at radius 3 is 2.06 bits per heavy atom. The smallest absolute Gasteiger partial charge is 0.343 e. The van der Waals surface area contributed by atoms with Gasteiger partial charge in [0.2, 0.25) is 5.79 Å². The third-order valence-electron chi connectivity index (χ3n) is 6.35. The van der Waals surface area contributed by atoms with E-state index in [1.165, 1.54) is 32.1 Å². The van der Waals surface area contributed by atoms with Crippen LogP contribution in [-0.2, 0) is 14.3 Å². The van der Waals surface area contributed by atoms with E-state index in [-0.39, 0.29) is 5.97 Å². The van der Waals surface area contributed by atoms with Gasteiger partial charge in [0.15, 0.2) is 6.10 Å². The van der Waals surface area contributed by atoms with Gasteiger partial charge in [-0.15, -0.1) is 0 Å². The van der Waals surface area contributed by atoms with E-state index in [0.29, 0.717) is 36.3 Å². The number of esters is 2. The highest BCUT2D eigenvalue weighted by atomic mass is 16.8. The van der Waals surface area contributed by atoms with E-state index in [4.69, 9.17) is 18.9 Å². The van der Waals surface area contributed by atoms with Crippen LogP contribution in [-0.4, -0.2) is 24.3 Å². The van der Waals surface area contributed by atoms with Crippen LogP contribution >= 0.6 is 0 Å². The summed E-state index contributed by atoms with van der Waals surface area (Å²) in [6.07, 6.45) is 9.59. The summed E-state index contributed by atoms with van der Waals surface area (Å²) in [4.78, 5) is 25.1. The van der Waals surface area contributed by atoms with E-state index in [1.807, 2.05) is 13.8 Å². The molecule has 0 N–H and O–H groups in total. The molecular weight excluding hydrogens is 456 g/mol. The molecule has 0 aromatic heterocycles. The summed E-state index contributed by atoms with van der Waals surface area (Å²) in [7, 11) is 0. The molecule has 196 valence electrons. The predicted octanol–water partition coefficient (Wildman–Crippen LogP) is 7.56. The molecule has 0 amide bonds. The van der Waals surface area contributed by atoms with Gasteiger partial charge in [0, 0.05) is 12.8 Å². The number of carbonyl (C=O) groups is 2. The first-order valence-electron chi connectivity index (χ1n) is 13.5. The molecule has 6 nitrogen and oxygen atoms in total. The molecule has 1 aliphatic heterocycles. The second kappa shape index (κ2) is 14.0. The Morgan fingerprint density at radius 1 is 0.806 bits per heavy atom. The second-order valence-corrected chi connectivity index (χ2v) is 9.43. The minimum absolute atomic E-state index is 0.375. The zero-order valence-electron chi connectivity index (χ0n) is 21.9. The highest BCUT2D eigenvalue weighted by Gasteiger charge is 2.47. The Kier molecular flexibility index (Phi) is 10.8. The van der Waals surface area contributed by atoms with Crippen molar-refractivity contribution in [1.29, 1.82) is 0 Å². The summed E-state index contributed by atoms with van der Waals surface area (Å²) in [5.74, 6) is -0.532. The van der Waals surface area contributed by atoms with Gasteiger partial charge in [-0.3, -0.25) is 0 Å². The molecule has 2 aromatic rings. The van der Waals surface area contributed by atoms with Gasteiger partial charge in [-0.2, -0.15) is 0 Å². The zero-order valence-corrected chi connectivity index (χ0v) is 21.9. The van der Waals surface area contributed by atoms with E-state index in [1.54, 1.807) is 48.5 Å². The average Bonchev–Trinajstić information content (AvgIpc) is 3.20. The fourth-order valence-corrected chi connectivity index (χ4v) is 4.47. The van der Waals surface area contributed by atoms with Crippen LogP contribution in [0.1, 0.15) is 107 Å². The fourth-order valence-electron chi connectivity index (χ4n) is 4.47. The van der Waals surface area contributed by atoms with E-state index >= 15 is 0 Å². The van der Waals surface area contributed by atoms with Crippen LogP contribution in [0.2, 0.25) is 0 Å². The molecule has 0 radical (unpaired) electrons. The van der Waals surface area contributed by atoms with Crippen LogP contribution in [0.15, 0.2) is 48.5 Å². The van der Waals surface area contributed by atoms with Gasteiger partial charge in [-0.1, -0.05) is 65.0 Å². The van der Waals surface area contributed by atoms with E-state index < -0.39 is 17.9 Å². The zero-order chi connectivity index (χ0) is 25.8. The number of benzene rings is 2. The Balaban J connectivity index is 1.49. The van der Waals surface area contributed by atoms with Crippen molar-refractivity contribution in [3.63, 3.8) is 0 Å². The lowest BCUT2D eigenvalue weighted by Crippen LogP contribution is -2.30. The molecule has 1 heterocycles. The number of cyclic esters (lactones) is 1. The standard InChI is InChI=1S/C30H40O6/c1-4-7-8-9-10-11-22-33-25-16-14-24(15-17-25)28(31)34-26-18-12-23(13-19-26)27-29(32)36-30(35-27,20-5-2)21-6-3/h12-19,27H,4-11,20-22H2,1-3H3/t27-/m1/s1. The summed E-state index contributed by atoms with van der Waals surface area (Å²) in [5, 5.41) is 0. The molecule has 1 saturated heterocycles. The SMILES string of the molecule is CCCCCCCCOc1ccc(C(=O)Oc2ccc([C@H]3OC(CCC)(CCC)OC3=O)cc2)cc1. The van der Waals surface area contributed by atoms with Crippen LogP contribution in [0.25, 0.3) is 0 Å². The minimum atomic E-state index is -0.846. The molecule has 1 fully saturated rings. The Bertz CT molecular complexity index is 944. The number of rotatable bonds is 15. The third kappa shape index (κ3) is 7.82. The molecule has 0 spiro atoms. The van der Waals surface area contributed by atoms with Crippen molar-refractivity contribution in [2.75, 3.05) is 6.61 Å². The number of unbranched alkanes of at least 4 members (excludes halogenated alkanes) is 5. The first-order chi connectivity index (χ1) is 17.5. The molecule has 1 atom stereocenters. The van der Waals surface area contributed by atoms with E-state index in [0.717, 1.165) is 25.0 Å². The molecule has 36 heavy (non-hydrogen) atoms. The van der Waals surface area contributed by atoms with Crippen molar-refractivity contribution in [3.05, 3.63) is 59.7 Å². The summed E-state index contributed by atoms with van der Waals surface area (Å²) in [6.45, 7) is 6.98. The van der Waals surface area contributed by atoms with Crippen molar-refractivity contribution < 1.29 is 28.5 Å². The summed E-state index contributed by atoms with van der Waals surface area (Å²) in [5.41, 5.74) is 1.12. The molecule has 0 aliphatic carbocycles. The maximum Gasteiger partial charge on any atom is 0.343 e. The number of hydrogen-bond acceptors (Lipinski definition) is 6. The van der Waals surface area contributed by atoms with Crippen LogP contribution in [0, 0.1) is 0 Å². The predicted molar refractivity (Wildman–Crippen MR) is 139 cm³/mol. The Hall–Kier alpha value is -2.86. The van der Waals surface area contributed by atoms with Gasteiger partial charge < -0.3 is 18.9 Å². The molecule has 0 saturated carbocycles. The van der Waals surface area contributed by atoms with Gasteiger partial charge in [0.1, 0.15) is 11.5 Å². The summed E-state index contributed by atoms with van der Waals surface area (Å²) >= 11 is 0. The molecule has 1 aliphatic rings. The largest absolute Gasteiger partial charge is 0.494 e. The van der Waals surface area contributed by atoms with Crippen LogP contribution in [0.4, 0.5) is 0 Å². The van der Waals surface area contributed by atoms with Crippen molar-refractivity contribution in [2.24, 2.45) is 0 Å². The maximum atomic E-state index is 12.6. The Morgan fingerprint density at radius 2 is 1.42 bits per heavy atom. The van der Waals surface area contributed by atoms with Crippen molar-refractivity contribution in [1.82, 2.24) is 0 Å². The second-order valence-electron chi connectivity index (χ2n) is 9.43. The van der Waals surface area contributed by atoms with Gasteiger partial charge in [0.25, 0.3) is 0 Å². The lowest BCUT2D eigenvalue weighted by Gasteiger charge is -2.26. The van der Waals surface area contributed by atoms with Crippen molar-refractivity contribution in [2.45, 2.75) is 96.9 Å². The van der Waals surface area contributed by atoms with E-state index in [9.17, 15) is 9.59 Å². The minimum Gasteiger partial charge on any atom is -0.494 e. The molecule has 3 rings (SSSR count). The average molecular weight is 497 g/mol. The first-order valence-corrected chi connectivity index (χ1v) is 13.5. The van der Waals surface area contributed by atoms with Crippen molar-refractivity contribution in [3.8, 4) is 11.5 Å². The van der Waals surface area contributed by atoms with Gasteiger partial charge in [0.05, 0.1) is 12.2 Å². The first kappa shape index (κ1) is 27.7. The van der Waals surface area contributed by atoms with Crippen molar-refractivity contribution >= 4 is 11.9 Å². The number of carbonyl (C=O) groups excluding carboxylic acids is 2. The van der Waals surface area contributed by atoms with Crippen LogP contribution < -0.4 is 9.47 Å². The molecule has 2 aromatic carbocycles. The van der Waals surface area contributed by atoms with Gasteiger partial charge in [-0.25, -0.2) is 9.59 Å². The Labute approximate surface area is 215 Å². The van der Waals surface area contributed by atoms with Crippen LogP contribution in [0.3, 0.4) is 0 Å². The third-order valence-corrected chi connectivity index (χ3v) is 6.35. The quantitative estimate of drug-likeness (QED) is 0.144. The molecule has 0 bridgehead atoms. The fraction of sp³-hybridized carbons (Fsp3) is 0.533. The highest BCUT2D eigenvalue weighted by molar-refractivity contribution is 5.91. The lowest BCUT2D eigenvalue weighted by atomic mass is 10.1. The molecule has 6 heteroatoms. The molecule has 0 unspecified atom stereocenters. The normalized spacial score (nSPS) is 16.5. The molecular formula is C30H40O6. The monoisotopic (exact) mass is 496 g/mol. The van der Waals surface area contributed by atoms with E-state index in [2.05, 4.69) is 6.92 Å². The van der Waals surface area contributed by atoms with Gasteiger partial charge >= 0.3 is 11.9 Å². The summed E-state index contributed by atoms with van der Waals surface area (Å²) in [6, 6.07) is 13.8. The highest BCUT2D eigenvalue weighted by Crippen LogP contribution is 2.40. The topological polar surface area (TPSA) is 71.1 Å². The lowest BCUT2D eigenvalue weighted by molar-refractivity contribution is -0.185. The number of ether oxygens (including phenoxy) is 4. The maximum absolute atomic E-state index is 12.6. The van der Waals surface area contributed by atoms with Crippen LogP contribution in [0.5, 0.6) is 11.5 Å². The summed E-state index contributed by atoms with van der Waals surface area (Å²) < 4.78 is 23.0.